The van der Waals surface area contributed by atoms with Crippen molar-refractivity contribution in [1.82, 2.24) is 5.32 Å². The number of ether oxygens (including phenoxy) is 2. The van der Waals surface area contributed by atoms with Crippen LogP contribution < -0.4 is 20.1 Å². The van der Waals surface area contributed by atoms with E-state index in [4.69, 9.17) is 14.6 Å². The van der Waals surface area contributed by atoms with E-state index in [2.05, 4.69) is 10.6 Å². The predicted molar refractivity (Wildman–Crippen MR) is 101 cm³/mol. The number of carbonyl (C=O) groups excluding carboxylic acids is 2. The Kier molecular flexibility index (Phi) is 5.49. The van der Waals surface area contributed by atoms with Crippen LogP contribution in [0.3, 0.4) is 0 Å². The Morgan fingerprint density at radius 2 is 1.61 bits per heavy atom. The molecule has 146 valence electrons. The summed E-state index contributed by atoms with van der Waals surface area (Å²) in [5.41, 5.74) is 0.758. The molecule has 3 atom stereocenters. The second-order valence-electron chi connectivity index (χ2n) is 6.41. The molecule has 0 saturated heterocycles. The summed E-state index contributed by atoms with van der Waals surface area (Å²) < 4.78 is 11.5. The summed E-state index contributed by atoms with van der Waals surface area (Å²) in [5, 5.41) is 13.9. The van der Waals surface area contributed by atoms with Crippen LogP contribution in [0, 0.1) is 0 Å². The van der Waals surface area contributed by atoms with Crippen LogP contribution in [0.25, 0.3) is 0 Å². The number of para-hydroxylation sites is 2. The number of nitrogens with one attached hydrogen (secondary N) is 2. The topological polar surface area (TPSA) is 114 Å². The Morgan fingerprint density at radius 1 is 1.00 bits per heavy atom. The van der Waals surface area contributed by atoms with Gasteiger partial charge in [-0.3, -0.25) is 14.4 Å². The van der Waals surface area contributed by atoms with Gasteiger partial charge in [0, 0.05) is 11.3 Å². The summed E-state index contributed by atoms with van der Waals surface area (Å²) in [6.07, 6.45) is -1.30. The summed E-state index contributed by atoms with van der Waals surface area (Å²) in [6, 6.07) is 12.2. The normalized spacial score (nSPS) is 18.6. The summed E-state index contributed by atoms with van der Waals surface area (Å²) in [6.45, 7) is 3.12. The maximum absolute atomic E-state index is 12.6. The molecule has 2 aromatic carbocycles. The van der Waals surface area contributed by atoms with E-state index in [1.807, 2.05) is 6.07 Å². The molecule has 3 N–H and O–H groups in total. The molecule has 0 bridgehead atoms. The lowest BCUT2D eigenvalue weighted by Gasteiger charge is -2.31. The first-order chi connectivity index (χ1) is 13.3. The van der Waals surface area contributed by atoms with Crippen molar-refractivity contribution in [2.24, 2.45) is 0 Å². The largest absolute Gasteiger partial charge is 0.482 e. The van der Waals surface area contributed by atoms with E-state index in [0.717, 1.165) is 0 Å². The number of amides is 2. The first-order valence-electron chi connectivity index (χ1n) is 8.72. The number of rotatable bonds is 5. The summed E-state index contributed by atoms with van der Waals surface area (Å²) in [5.74, 6) is -0.923. The third-order valence-corrected chi connectivity index (χ3v) is 4.23. The van der Waals surface area contributed by atoms with Crippen LogP contribution in [0.1, 0.15) is 24.2 Å². The number of aliphatic carboxylic acids is 1. The zero-order valence-electron chi connectivity index (χ0n) is 15.3. The molecule has 0 saturated carbocycles. The zero-order chi connectivity index (χ0) is 20.3. The van der Waals surface area contributed by atoms with Crippen molar-refractivity contribution in [2.75, 3.05) is 5.32 Å². The van der Waals surface area contributed by atoms with Crippen molar-refractivity contribution in [2.45, 2.75) is 32.1 Å². The van der Waals surface area contributed by atoms with Gasteiger partial charge in [0.1, 0.15) is 12.1 Å². The lowest BCUT2D eigenvalue weighted by atomic mass is 10.1. The van der Waals surface area contributed by atoms with E-state index in [0.29, 0.717) is 17.2 Å². The van der Waals surface area contributed by atoms with Gasteiger partial charge in [-0.25, -0.2) is 0 Å². The van der Waals surface area contributed by atoms with Crippen LogP contribution >= 0.6 is 0 Å². The predicted octanol–water partition coefficient (Wildman–Crippen LogP) is 2.06. The monoisotopic (exact) mass is 384 g/mol. The number of hydrogen-bond acceptors (Lipinski definition) is 5. The number of carboxylic acids is 1. The third kappa shape index (κ3) is 4.22. The number of anilines is 1. The second-order valence-corrected chi connectivity index (χ2v) is 6.41. The van der Waals surface area contributed by atoms with Crippen LogP contribution in [-0.2, 0) is 9.59 Å². The minimum atomic E-state index is -1.12. The van der Waals surface area contributed by atoms with Gasteiger partial charge in [-0.2, -0.15) is 0 Å². The Balaban J connectivity index is 1.63. The Bertz CT molecular complexity index is 896. The fraction of sp³-hybridized carbons (Fsp3) is 0.250. The molecule has 2 amide bonds. The molecule has 1 aliphatic heterocycles. The lowest BCUT2D eigenvalue weighted by Crippen LogP contribution is -2.46. The highest BCUT2D eigenvalue weighted by molar-refractivity contribution is 5.98. The van der Waals surface area contributed by atoms with Gasteiger partial charge in [0.25, 0.3) is 11.8 Å². The highest BCUT2D eigenvalue weighted by atomic mass is 16.6. The summed E-state index contributed by atoms with van der Waals surface area (Å²) in [7, 11) is 0. The Morgan fingerprint density at radius 3 is 2.21 bits per heavy atom. The van der Waals surface area contributed by atoms with E-state index in [1.165, 1.54) is 19.1 Å². The van der Waals surface area contributed by atoms with Crippen molar-refractivity contribution in [3.63, 3.8) is 0 Å². The van der Waals surface area contributed by atoms with Crippen LogP contribution in [0.15, 0.2) is 48.5 Å². The van der Waals surface area contributed by atoms with Gasteiger partial charge in [-0.15, -0.1) is 0 Å². The van der Waals surface area contributed by atoms with Crippen molar-refractivity contribution in [3.8, 4) is 11.5 Å². The average molecular weight is 384 g/mol. The number of fused-ring (bicyclic) bond motifs is 1. The standard InChI is InChI=1S/C20H20N2O6/c1-11(20(25)26)21-18(23)13-7-9-14(10-8-13)22-19(24)17-12(2)27-15-5-3-4-6-16(15)28-17/h3-12,17H,1-2H3,(H,21,23)(H,22,24)(H,25,26). The minimum absolute atomic E-state index is 0.283. The molecule has 3 rings (SSSR count). The molecule has 0 aliphatic carbocycles. The molecule has 0 aromatic heterocycles. The van der Waals surface area contributed by atoms with Crippen molar-refractivity contribution < 1.29 is 29.0 Å². The van der Waals surface area contributed by atoms with Crippen molar-refractivity contribution >= 4 is 23.5 Å². The lowest BCUT2D eigenvalue weighted by molar-refractivity contribution is -0.138. The fourth-order valence-corrected chi connectivity index (χ4v) is 2.67. The molecule has 8 heteroatoms. The molecule has 1 heterocycles. The van der Waals surface area contributed by atoms with Crippen LogP contribution in [0.5, 0.6) is 11.5 Å². The highest BCUT2D eigenvalue weighted by Crippen LogP contribution is 2.33. The molecule has 0 fully saturated rings. The molecular weight excluding hydrogens is 364 g/mol. The maximum atomic E-state index is 12.6. The number of benzene rings is 2. The summed E-state index contributed by atoms with van der Waals surface area (Å²) in [4.78, 5) is 35.4. The third-order valence-electron chi connectivity index (χ3n) is 4.23. The average Bonchev–Trinajstić information content (AvgIpc) is 2.67. The van der Waals surface area contributed by atoms with E-state index in [1.54, 1.807) is 37.3 Å². The quantitative estimate of drug-likeness (QED) is 0.727. The van der Waals surface area contributed by atoms with Crippen LogP contribution in [0.2, 0.25) is 0 Å². The Labute approximate surface area is 161 Å². The van der Waals surface area contributed by atoms with Gasteiger partial charge >= 0.3 is 5.97 Å². The number of carboxylic acid groups (broad SMARTS) is 1. The van der Waals surface area contributed by atoms with E-state index in [-0.39, 0.29) is 11.5 Å². The molecule has 2 aromatic rings. The maximum Gasteiger partial charge on any atom is 0.325 e. The van der Waals surface area contributed by atoms with Gasteiger partial charge < -0.3 is 25.2 Å². The van der Waals surface area contributed by atoms with Gasteiger partial charge in [0.2, 0.25) is 6.10 Å². The van der Waals surface area contributed by atoms with Gasteiger partial charge in [-0.05, 0) is 50.2 Å². The molecular formula is C20H20N2O6. The molecule has 0 spiro atoms. The van der Waals surface area contributed by atoms with E-state index < -0.39 is 30.1 Å². The summed E-state index contributed by atoms with van der Waals surface area (Å²) >= 11 is 0. The van der Waals surface area contributed by atoms with Gasteiger partial charge in [-0.1, -0.05) is 12.1 Å². The number of hydrogen-bond donors (Lipinski definition) is 3. The van der Waals surface area contributed by atoms with Gasteiger partial charge in [0.05, 0.1) is 0 Å². The first-order valence-corrected chi connectivity index (χ1v) is 8.72. The SMILES string of the molecule is CC(NC(=O)c1ccc(NC(=O)C2Oc3ccccc3OC2C)cc1)C(=O)O. The molecule has 0 radical (unpaired) electrons. The fourth-order valence-electron chi connectivity index (χ4n) is 2.67. The zero-order valence-corrected chi connectivity index (χ0v) is 15.3. The van der Waals surface area contributed by atoms with Crippen LogP contribution in [-0.4, -0.2) is 41.1 Å². The molecule has 28 heavy (non-hydrogen) atoms. The molecule has 8 nitrogen and oxygen atoms in total. The highest BCUT2D eigenvalue weighted by Gasteiger charge is 2.34. The number of carbonyl (C=O) groups is 3. The van der Waals surface area contributed by atoms with Crippen LogP contribution in [0.4, 0.5) is 5.69 Å². The Hall–Kier alpha value is -3.55. The minimum Gasteiger partial charge on any atom is -0.482 e. The van der Waals surface area contributed by atoms with E-state index in [9.17, 15) is 14.4 Å². The van der Waals surface area contributed by atoms with Gasteiger partial charge in [0.15, 0.2) is 11.5 Å². The van der Waals surface area contributed by atoms with Crippen molar-refractivity contribution in [1.29, 1.82) is 0 Å². The van der Waals surface area contributed by atoms with Crippen molar-refractivity contribution in [3.05, 3.63) is 54.1 Å². The second kappa shape index (κ2) is 7.99. The first kappa shape index (κ1) is 19.2. The van der Waals surface area contributed by atoms with E-state index >= 15 is 0 Å². The smallest absolute Gasteiger partial charge is 0.325 e. The molecule has 3 unspecified atom stereocenters. The molecule has 1 aliphatic rings.